The summed E-state index contributed by atoms with van der Waals surface area (Å²) in [4.78, 5) is 9.80. The Morgan fingerprint density at radius 3 is 1.09 bits per heavy atom. The second kappa shape index (κ2) is 18.8. The van der Waals surface area contributed by atoms with E-state index in [0.29, 0.717) is 50.6 Å². The third-order valence-electron chi connectivity index (χ3n) is 15.8. The quantitative estimate of drug-likeness (QED) is 0.150. The van der Waals surface area contributed by atoms with Crippen LogP contribution in [0.5, 0.6) is 0 Å². The van der Waals surface area contributed by atoms with E-state index in [1.807, 2.05) is 48.5 Å². The van der Waals surface area contributed by atoms with E-state index >= 15 is 0 Å². The van der Waals surface area contributed by atoms with Crippen LogP contribution in [0.1, 0.15) is 16.7 Å². The molecule has 15 rings (SSSR count). The molecular formula is C73H42N8. The van der Waals surface area contributed by atoms with Crippen LogP contribution in [0.3, 0.4) is 0 Å². The summed E-state index contributed by atoms with van der Waals surface area (Å²) in [5.41, 5.74) is 18.3. The van der Waals surface area contributed by atoms with Crippen molar-refractivity contribution in [1.29, 1.82) is 15.8 Å². The van der Waals surface area contributed by atoms with Crippen molar-refractivity contribution in [3.05, 3.63) is 271 Å². The number of hydrogen-bond acceptors (Lipinski definition) is 5. The summed E-state index contributed by atoms with van der Waals surface area (Å²) < 4.78 is 7.18. The van der Waals surface area contributed by atoms with Crippen LogP contribution < -0.4 is 0 Å². The molecule has 0 saturated heterocycles. The van der Waals surface area contributed by atoms with Gasteiger partial charge in [-0.25, -0.2) is 9.97 Å². The molecule has 0 aliphatic rings. The van der Waals surface area contributed by atoms with E-state index in [1.165, 1.54) is 43.6 Å². The lowest BCUT2D eigenvalue weighted by atomic mass is 9.95. The van der Waals surface area contributed by atoms with Crippen LogP contribution in [-0.2, 0) is 0 Å². The van der Waals surface area contributed by atoms with Gasteiger partial charge in [0.25, 0.3) is 0 Å². The van der Waals surface area contributed by atoms with E-state index in [0.717, 1.165) is 61.1 Å². The molecule has 0 aliphatic heterocycles. The second-order valence-electron chi connectivity index (χ2n) is 20.3. The second-order valence-corrected chi connectivity index (χ2v) is 20.3. The van der Waals surface area contributed by atoms with E-state index in [4.69, 9.17) is 9.97 Å². The zero-order chi connectivity index (χ0) is 54.1. The van der Waals surface area contributed by atoms with Crippen LogP contribution in [-0.4, -0.2) is 23.7 Å². The Bertz CT molecular complexity index is 4860. The van der Waals surface area contributed by atoms with Crippen molar-refractivity contribution < 1.29 is 0 Å². The molecule has 374 valence electrons. The minimum absolute atomic E-state index is 0.328. The first-order valence-electron chi connectivity index (χ1n) is 26.7. The van der Waals surface area contributed by atoms with Gasteiger partial charge >= 0.3 is 0 Å². The molecule has 0 fully saturated rings. The molecule has 15 aromatic rings. The fourth-order valence-corrected chi connectivity index (χ4v) is 12.1. The summed E-state index contributed by atoms with van der Waals surface area (Å²) in [6, 6.07) is 94.7. The lowest BCUT2D eigenvalue weighted by Crippen LogP contribution is -1.99. The molecule has 0 N–H and O–H groups in total. The molecule has 4 heterocycles. The smallest absolute Gasteiger partial charge is 0.161 e. The highest BCUT2D eigenvalue weighted by molar-refractivity contribution is 6.14. The number of para-hydroxylation sites is 4. The molecule has 0 aliphatic carbocycles. The van der Waals surface area contributed by atoms with E-state index in [9.17, 15) is 15.8 Å². The van der Waals surface area contributed by atoms with Gasteiger partial charge in [0, 0.05) is 66.1 Å². The molecule has 11 aromatic carbocycles. The molecule has 8 heteroatoms. The normalized spacial score (nSPS) is 11.4. The van der Waals surface area contributed by atoms with Crippen molar-refractivity contribution in [3.8, 4) is 91.4 Å². The van der Waals surface area contributed by atoms with Gasteiger partial charge in [0.05, 0.1) is 79.4 Å². The summed E-state index contributed by atoms with van der Waals surface area (Å²) in [5, 5.41) is 37.9. The van der Waals surface area contributed by atoms with Crippen LogP contribution in [0.4, 0.5) is 0 Å². The van der Waals surface area contributed by atoms with Crippen molar-refractivity contribution in [2.45, 2.75) is 0 Å². The molecule has 0 atom stereocenters. The highest BCUT2D eigenvalue weighted by Gasteiger charge is 2.21. The number of nitriles is 3. The van der Waals surface area contributed by atoms with Gasteiger partial charge in [-0.15, -0.1) is 0 Å². The molecule has 0 unspecified atom stereocenters. The molecule has 0 bridgehead atoms. The topological polar surface area (TPSA) is 112 Å². The van der Waals surface area contributed by atoms with E-state index < -0.39 is 0 Å². The number of aromatic nitrogens is 5. The minimum Gasteiger partial charge on any atom is -0.309 e. The number of rotatable bonds is 8. The zero-order valence-corrected chi connectivity index (χ0v) is 43.3. The molecule has 0 radical (unpaired) electrons. The maximum atomic E-state index is 10.6. The minimum atomic E-state index is 0.328. The first-order valence-corrected chi connectivity index (χ1v) is 26.7. The standard InChI is InChI=1S/C73H42N8/c74-43-50-13-1-3-15-56(50)65-42-66(78-73(77-65)58-16-4-2-14-51(58)44-75)57-36-31-49(39-52(57)45-76)48-27-25-46(26-28-48)47-29-32-53(33-30-47)79-71-37-34-54(80-67-21-9-5-17-59(67)60-18-6-10-22-68(60)80)40-63(71)64-41-55(35-38-72(64)79)81-69-23-11-7-19-61(69)62-20-8-12-24-70(62)81/h1-42H. The van der Waals surface area contributed by atoms with Gasteiger partial charge in [-0.05, 0) is 125 Å². The largest absolute Gasteiger partial charge is 0.309 e. The zero-order valence-electron chi connectivity index (χ0n) is 43.3. The summed E-state index contributed by atoms with van der Waals surface area (Å²) in [6.45, 7) is 0. The number of hydrogen-bond donors (Lipinski definition) is 0. The van der Waals surface area contributed by atoms with Gasteiger partial charge in [-0.1, -0.05) is 152 Å². The average Bonchev–Trinajstić information content (AvgIpc) is 4.40. The Hall–Kier alpha value is -11.6. The third-order valence-corrected chi connectivity index (χ3v) is 15.8. The Labute approximate surface area is 465 Å². The van der Waals surface area contributed by atoms with Gasteiger partial charge in [0.2, 0.25) is 0 Å². The summed E-state index contributed by atoms with van der Waals surface area (Å²) >= 11 is 0. The SMILES string of the molecule is N#Cc1ccccc1-c1cc(-c2ccc(-c3ccc(-c4ccc(-n5c6ccc(-n7c8ccccc8c8ccccc87)cc6c6cc(-n7c8ccccc8c8ccccc87)ccc65)cc4)cc3)cc2C#N)nc(-c2ccccc2C#N)n1. The van der Waals surface area contributed by atoms with Crippen molar-refractivity contribution in [2.24, 2.45) is 0 Å². The lowest BCUT2D eigenvalue weighted by molar-refractivity contribution is 1.16. The Morgan fingerprint density at radius 2 is 0.605 bits per heavy atom. The highest BCUT2D eigenvalue weighted by atomic mass is 15.0. The van der Waals surface area contributed by atoms with Crippen LogP contribution in [0.15, 0.2) is 255 Å². The van der Waals surface area contributed by atoms with Crippen molar-refractivity contribution in [3.63, 3.8) is 0 Å². The van der Waals surface area contributed by atoms with Crippen molar-refractivity contribution in [1.82, 2.24) is 23.7 Å². The molecule has 8 nitrogen and oxygen atoms in total. The van der Waals surface area contributed by atoms with Crippen LogP contribution in [0.2, 0.25) is 0 Å². The maximum absolute atomic E-state index is 10.6. The number of benzene rings is 11. The Kier molecular flexibility index (Phi) is 10.8. The van der Waals surface area contributed by atoms with Gasteiger partial charge in [-0.2, -0.15) is 15.8 Å². The predicted molar refractivity (Wildman–Crippen MR) is 326 cm³/mol. The molecule has 0 saturated carbocycles. The molecular weight excluding hydrogens is 989 g/mol. The molecule has 0 amide bonds. The monoisotopic (exact) mass is 1030 g/mol. The first kappa shape index (κ1) is 46.7. The lowest BCUT2D eigenvalue weighted by Gasteiger charge is -2.13. The fourth-order valence-electron chi connectivity index (χ4n) is 12.1. The average molecular weight is 1030 g/mol. The van der Waals surface area contributed by atoms with E-state index in [-0.39, 0.29) is 0 Å². The van der Waals surface area contributed by atoms with Gasteiger partial charge in [0.1, 0.15) is 0 Å². The van der Waals surface area contributed by atoms with Crippen LogP contribution >= 0.6 is 0 Å². The highest BCUT2D eigenvalue weighted by Crippen LogP contribution is 2.41. The molecule has 0 spiro atoms. The Morgan fingerprint density at radius 1 is 0.259 bits per heavy atom. The maximum Gasteiger partial charge on any atom is 0.161 e. The summed E-state index contributed by atoms with van der Waals surface area (Å²) in [7, 11) is 0. The third kappa shape index (κ3) is 7.58. The molecule has 81 heavy (non-hydrogen) atoms. The molecule has 4 aromatic heterocycles. The van der Waals surface area contributed by atoms with E-state index in [1.54, 1.807) is 24.3 Å². The van der Waals surface area contributed by atoms with E-state index in [2.05, 4.69) is 214 Å². The summed E-state index contributed by atoms with van der Waals surface area (Å²) in [5.74, 6) is 0.328. The van der Waals surface area contributed by atoms with Crippen molar-refractivity contribution in [2.75, 3.05) is 0 Å². The predicted octanol–water partition coefficient (Wildman–Crippen LogP) is 17.7. The first-order chi connectivity index (χ1) is 40.0. The van der Waals surface area contributed by atoms with Gasteiger partial charge < -0.3 is 13.7 Å². The Balaban J connectivity index is 0.798. The number of nitrogens with zero attached hydrogens (tertiary/aromatic N) is 8. The number of fused-ring (bicyclic) bond motifs is 9. The van der Waals surface area contributed by atoms with Gasteiger partial charge in [-0.3, -0.25) is 0 Å². The fraction of sp³-hybridized carbons (Fsp3) is 0. The van der Waals surface area contributed by atoms with Crippen molar-refractivity contribution >= 4 is 65.4 Å². The van der Waals surface area contributed by atoms with Crippen LogP contribution in [0, 0.1) is 34.0 Å². The van der Waals surface area contributed by atoms with Gasteiger partial charge in [0.15, 0.2) is 5.82 Å². The van der Waals surface area contributed by atoms with Crippen LogP contribution in [0.25, 0.3) is 139 Å². The summed E-state index contributed by atoms with van der Waals surface area (Å²) in [6.07, 6.45) is 0.